The number of aliphatic hydroxyl groups excluding tert-OH is 1. The molecule has 0 aliphatic heterocycles. The quantitative estimate of drug-likeness (QED) is 0.409. The minimum Gasteiger partial charge on any atom is -0.545 e. The molecule has 5 nitrogen and oxygen atoms in total. The first-order chi connectivity index (χ1) is 9.50. The first-order valence-electron chi connectivity index (χ1n) is 7.35. The molecule has 0 heterocycles. The maximum atomic E-state index is 11.5. The van der Waals surface area contributed by atoms with E-state index in [0.717, 1.165) is 12.8 Å². The van der Waals surface area contributed by atoms with E-state index in [9.17, 15) is 24.9 Å². The molecule has 1 N–H and O–H groups in total. The van der Waals surface area contributed by atoms with Crippen LogP contribution in [0.3, 0.4) is 0 Å². The van der Waals surface area contributed by atoms with Gasteiger partial charge in [0, 0.05) is 0 Å². The van der Waals surface area contributed by atoms with Gasteiger partial charge in [-0.05, 0) is 61.5 Å². The molecule has 0 amide bonds. The van der Waals surface area contributed by atoms with Crippen molar-refractivity contribution in [2.45, 2.75) is 57.5 Å². The molecule has 0 bridgehead atoms. The van der Waals surface area contributed by atoms with Crippen molar-refractivity contribution >= 4 is 11.9 Å². The largest absolute Gasteiger partial charge is 1.00 e. The van der Waals surface area contributed by atoms with E-state index in [2.05, 4.69) is 0 Å². The monoisotopic (exact) mass is 326 g/mol. The van der Waals surface area contributed by atoms with Gasteiger partial charge in [0.2, 0.25) is 0 Å². The van der Waals surface area contributed by atoms with Gasteiger partial charge in [0.15, 0.2) is 0 Å². The first kappa shape index (κ1) is 22.6. The number of carbonyl (C=O) groups excluding carboxylic acids is 2. The van der Waals surface area contributed by atoms with Crippen molar-refractivity contribution in [3.8, 4) is 0 Å². The van der Waals surface area contributed by atoms with Crippen LogP contribution in [0.15, 0.2) is 11.1 Å². The zero-order valence-corrected chi connectivity index (χ0v) is 17.5. The van der Waals surface area contributed by atoms with E-state index in [4.69, 9.17) is 0 Å². The predicted octanol–water partition coefficient (Wildman–Crippen LogP) is -6.47. The summed E-state index contributed by atoms with van der Waals surface area (Å²) in [6, 6.07) is 0. The number of rotatable bonds is 4. The van der Waals surface area contributed by atoms with E-state index in [-0.39, 0.29) is 82.1 Å². The average molecular weight is 326 g/mol. The molecule has 112 valence electrons. The Kier molecular flexibility index (Phi) is 10.8. The van der Waals surface area contributed by atoms with Crippen molar-refractivity contribution in [1.29, 1.82) is 0 Å². The molecule has 0 saturated heterocycles. The summed E-state index contributed by atoms with van der Waals surface area (Å²) in [4.78, 5) is 22.9. The second kappa shape index (κ2) is 10.5. The summed E-state index contributed by atoms with van der Waals surface area (Å²) in [5, 5.41) is 32.4. The van der Waals surface area contributed by atoms with Crippen LogP contribution in [0.4, 0.5) is 0 Å². The van der Waals surface area contributed by atoms with Crippen LogP contribution < -0.4 is 69.3 Å². The summed E-state index contributed by atoms with van der Waals surface area (Å²) in [5.41, 5.74) is -0.132. The Morgan fingerprint density at radius 3 is 1.45 bits per heavy atom. The third-order valence-electron chi connectivity index (χ3n) is 4.60. The molecule has 0 atom stereocenters. The number of carbonyl (C=O) groups is 2. The minimum atomic E-state index is -1.39. The number of carboxylic acids is 2. The van der Waals surface area contributed by atoms with Crippen LogP contribution in [0.25, 0.3) is 0 Å². The summed E-state index contributed by atoms with van der Waals surface area (Å²) in [5.74, 6) is -3.32. The Morgan fingerprint density at radius 1 is 0.727 bits per heavy atom. The van der Waals surface area contributed by atoms with Gasteiger partial charge in [-0.2, -0.15) is 0 Å². The molecule has 0 aromatic heterocycles. The molecule has 2 rings (SSSR count). The van der Waals surface area contributed by atoms with Crippen LogP contribution in [0.1, 0.15) is 51.4 Å². The van der Waals surface area contributed by atoms with Crippen LogP contribution in [0.2, 0.25) is 0 Å². The molecule has 0 aromatic carbocycles. The molecule has 2 saturated carbocycles. The molecule has 2 aliphatic carbocycles. The summed E-state index contributed by atoms with van der Waals surface area (Å²) in [7, 11) is 0. The number of hydrogen-bond acceptors (Lipinski definition) is 5. The second-order valence-corrected chi connectivity index (χ2v) is 5.89. The standard InChI is InChI=1S/C15H22O5.2Na/c16-11-7-5-10(6-8-11)13(15(19)20)12(14(17)18)9-3-1-2-4-9;;/h9-11,16H,1-8H2,(H,17,18)(H,19,20);;/q;2*+1/p-2. The molecule has 22 heavy (non-hydrogen) atoms. The number of carboxylic acid groups (broad SMARTS) is 2. The van der Waals surface area contributed by atoms with Crippen molar-refractivity contribution in [3.63, 3.8) is 0 Å². The molecule has 0 radical (unpaired) electrons. The Hall–Kier alpha value is 0.640. The summed E-state index contributed by atoms with van der Waals surface area (Å²) < 4.78 is 0. The molecule has 7 heteroatoms. The smallest absolute Gasteiger partial charge is 0.545 e. The van der Waals surface area contributed by atoms with Gasteiger partial charge in [0.05, 0.1) is 18.0 Å². The molecule has 0 unspecified atom stereocenters. The molecule has 2 fully saturated rings. The van der Waals surface area contributed by atoms with E-state index >= 15 is 0 Å². The van der Waals surface area contributed by atoms with Crippen molar-refractivity contribution in [2.24, 2.45) is 11.8 Å². The maximum Gasteiger partial charge on any atom is 1.00 e. The Morgan fingerprint density at radius 2 is 1.09 bits per heavy atom. The van der Waals surface area contributed by atoms with Crippen LogP contribution in [-0.2, 0) is 9.59 Å². The van der Waals surface area contributed by atoms with Gasteiger partial charge in [-0.25, -0.2) is 0 Å². The number of hydrogen-bond donors (Lipinski definition) is 1. The fourth-order valence-corrected chi connectivity index (χ4v) is 3.57. The van der Waals surface area contributed by atoms with Gasteiger partial charge in [0.25, 0.3) is 0 Å². The van der Waals surface area contributed by atoms with Gasteiger partial charge < -0.3 is 24.9 Å². The molecule has 0 aromatic rings. The third kappa shape index (κ3) is 5.62. The van der Waals surface area contributed by atoms with Crippen LogP contribution in [-0.4, -0.2) is 23.1 Å². The third-order valence-corrected chi connectivity index (χ3v) is 4.60. The Balaban J connectivity index is 0.00000220. The molecular formula is C15H20Na2O5. The van der Waals surface area contributed by atoms with Gasteiger partial charge in [-0.1, -0.05) is 12.8 Å². The SMILES string of the molecule is O=C([O-])C(=C(C(=O)[O-])C1CCC(O)CC1)C1CCCC1.[Na+].[Na+]. The van der Waals surface area contributed by atoms with Gasteiger partial charge in [0.1, 0.15) is 0 Å². The van der Waals surface area contributed by atoms with E-state index < -0.39 is 18.0 Å². The number of aliphatic hydroxyl groups is 1. The molecule has 2 aliphatic rings. The van der Waals surface area contributed by atoms with Crippen LogP contribution in [0.5, 0.6) is 0 Å². The fraction of sp³-hybridized carbons (Fsp3) is 0.733. The second-order valence-electron chi connectivity index (χ2n) is 5.89. The Bertz CT molecular complexity index is 422. The topological polar surface area (TPSA) is 100 Å². The summed E-state index contributed by atoms with van der Waals surface area (Å²) in [6.07, 6.45) is 4.84. The maximum absolute atomic E-state index is 11.5. The van der Waals surface area contributed by atoms with Gasteiger partial charge in [-0.15, -0.1) is 0 Å². The Labute approximate surface area is 175 Å². The number of aliphatic carboxylic acids is 2. The summed E-state index contributed by atoms with van der Waals surface area (Å²) >= 11 is 0. The van der Waals surface area contributed by atoms with Crippen LogP contribution in [0, 0.1) is 11.8 Å². The van der Waals surface area contributed by atoms with E-state index in [1.54, 1.807) is 0 Å². The van der Waals surface area contributed by atoms with Crippen molar-refractivity contribution in [2.75, 3.05) is 0 Å². The van der Waals surface area contributed by atoms with Gasteiger partial charge >= 0.3 is 59.1 Å². The van der Waals surface area contributed by atoms with E-state index in [1.165, 1.54) is 0 Å². The van der Waals surface area contributed by atoms with Crippen molar-refractivity contribution in [1.82, 2.24) is 0 Å². The zero-order valence-electron chi connectivity index (χ0n) is 13.5. The first-order valence-corrected chi connectivity index (χ1v) is 7.35. The normalized spacial score (nSPS) is 26.4. The van der Waals surface area contributed by atoms with E-state index in [0.29, 0.717) is 38.5 Å². The van der Waals surface area contributed by atoms with E-state index in [1.807, 2.05) is 0 Å². The van der Waals surface area contributed by atoms with Crippen molar-refractivity contribution < 1.29 is 84.0 Å². The average Bonchev–Trinajstić information content (AvgIpc) is 2.89. The molecular weight excluding hydrogens is 306 g/mol. The fourth-order valence-electron chi connectivity index (χ4n) is 3.57. The van der Waals surface area contributed by atoms with Crippen molar-refractivity contribution in [3.05, 3.63) is 11.1 Å². The summed E-state index contributed by atoms with van der Waals surface area (Å²) in [6.45, 7) is 0. The zero-order chi connectivity index (χ0) is 14.7. The minimum absolute atomic E-state index is 0. The molecule has 0 spiro atoms. The van der Waals surface area contributed by atoms with Gasteiger partial charge in [-0.3, -0.25) is 0 Å². The van der Waals surface area contributed by atoms with Crippen LogP contribution >= 0.6 is 0 Å². The predicted molar refractivity (Wildman–Crippen MR) is 67.0 cm³/mol.